The van der Waals surface area contributed by atoms with Gasteiger partial charge in [-0.3, -0.25) is 4.79 Å². The van der Waals surface area contributed by atoms with E-state index in [2.05, 4.69) is 10.0 Å². The normalized spacial score (nSPS) is 14.8. The zero-order valence-corrected chi connectivity index (χ0v) is 18.3. The van der Waals surface area contributed by atoms with Gasteiger partial charge >= 0.3 is 0 Å². The van der Waals surface area contributed by atoms with Gasteiger partial charge in [0.2, 0.25) is 10.0 Å². The maximum absolute atomic E-state index is 13.4. The molecule has 6 nitrogen and oxygen atoms in total. The molecule has 0 radical (unpaired) electrons. The summed E-state index contributed by atoms with van der Waals surface area (Å²) in [7, 11) is -2.44. The zero-order chi connectivity index (χ0) is 22.0. The maximum atomic E-state index is 13.4. The molecule has 1 amide bonds. The highest BCUT2D eigenvalue weighted by Crippen LogP contribution is 2.30. The van der Waals surface area contributed by atoms with Crippen LogP contribution in [0.4, 0.5) is 4.39 Å². The van der Waals surface area contributed by atoms with Crippen molar-refractivity contribution in [2.45, 2.75) is 29.8 Å². The molecule has 1 fully saturated rings. The van der Waals surface area contributed by atoms with E-state index in [1.54, 1.807) is 12.1 Å². The Balaban J connectivity index is 1.64. The van der Waals surface area contributed by atoms with Crippen molar-refractivity contribution in [3.63, 3.8) is 0 Å². The van der Waals surface area contributed by atoms with E-state index in [4.69, 9.17) is 4.74 Å². The van der Waals surface area contributed by atoms with Crippen molar-refractivity contribution in [2.75, 3.05) is 7.11 Å². The first-order valence-electron chi connectivity index (χ1n) is 9.67. The molecule has 1 saturated carbocycles. The molecule has 0 bridgehead atoms. The number of ether oxygens (including phenoxy) is 1. The van der Waals surface area contributed by atoms with Gasteiger partial charge in [0.05, 0.1) is 13.2 Å². The molecule has 1 unspecified atom stereocenters. The van der Waals surface area contributed by atoms with Gasteiger partial charge in [-0.2, -0.15) is 0 Å². The van der Waals surface area contributed by atoms with E-state index < -0.39 is 22.0 Å². The van der Waals surface area contributed by atoms with E-state index >= 15 is 0 Å². The predicted octanol–water partition coefficient (Wildman–Crippen LogP) is 3.86. The number of sulfonamides is 1. The highest BCUT2D eigenvalue weighted by Gasteiger charge is 2.30. The van der Waals surface area contributed by atoms with Crippen LogP contribution < -0.4 is 14.8 Å². The topological polar surface area (TPSA) is 84.5 Å². The number of halogens is 1. The Bertz CT molecular complexity index is 1170. The lowest BCUT2D eigenvalue weighted by Gasteiger charge is -2.19. The second-order valence-corrected chi connectivity index (χ2v) is 9.90. The highest BCUT2D eigenvalue weighted by atomic mass is 32.2. The molecule has 0 spiro atoms. The van der Waals surface area contributed by atoms with Crippen LogP contribution in [0.2, 0.25) is 0 Å². The van der Waals surface area contributed by atoms with Gasteiger partial charge in [0.15, 0.2) is 0 Å². The SMILES string of the molecule is COc1ccc(C(=O)NC(c2ccc(F)cc2)c2cccs2)cc1S(=O)(=O)NC1CC1. The number of carbonyl (C=O) groups excluding carboxylic acids is 1. The first-order valence-corrected chi connectivity index (χ1v) is 12.0. The van der Waals surface area contributed by atoms with Crippen LogP contribution in [-0.4, -0.2) is 27.5 Å². The number of methoxy groups -OCH3 is 1. The molecule has 2 aromatic carbocycles. The van der Waals surface area contributed by atoms with Crippen molar-refractivity contribution >= 4 is 27.3 Å². The summed E-state index contributed by atoms with van der Waals surface area (Å²) in [5.74, 6) is -0.653. The molecular weight excluding hydrogens is 439 g/mol. The first-order chi connectivity index (χ1) is 14.9. The quantitative estimate of drug-likeness (QED) is 0.535. The van der Waals surface area contributed by atoms with Crippen LogP contribution in [0, 0.1) is 5.82 Å². The summed E-state index contributed by atoms with van der Waals surface area (Å²) >= 11 is 1.46. The molecule has 1 aromatic heterocycles. The average molecular weight is 461 g/mol. The van der Waals surface area contributed by atoms with E-state index in [0.29, 0.717) is 5.56 Å². The van der Waals surface area contributed by atoms with E-state index in [1.807, 2.05) is 17.5 Å². The Labute approximate surface area is 184 Å². The number of thiophene rings is 1. The third-order valence-corrected chi connectivity index (χ3v) is 7.40. The summed E-state index contributed by atoms with van der Waals surface area (Å²) in [5.41, 5.74) is 0.898. The first kappa shape index (κ1) is 21.5. The number of amides is 1. The molecule has 3 aromatic rings. The van der Waals surface area contributed by atoms with Gasteiger partial charge in [-0.25, -0.2) is 17.5 Å². The minimum atomic E-state index is -3.82. The fourth-order valence-electron chi connectivity index (χ4n) is 3.16. The van der Waals surface area contributed by atoms with E-state index in [1.165, 1.54) is 48.8 Å². The minimum Gasteiger partial charge on any atom is -0.495 e. The molecule has 2 N–H and O–H groups in total. The van der Waals surface area contributed by atoms with Gasteiger partial charge in [0.1, 0.15) is 16.5 Å². The van der Waals surface area contributed by atoms with Gasteiger partial charge in [-0.15, -0.1) is 11.3 Å². The third-order valence-electron chi connectivity index (χ3n) is 4.92. The lowest BCUT2D eigenvalue weighted by molar-refractivity contribution is 0.0943. The van der Waals surface area contributed by atoms with Gasteiger partial charge < -0.3 is 10.1 Å². The van der Waals surface area contributed by atoms with Crippen LogP contribution >= 0.6 is 11.3 Å². The molecule has 9 heteroatoms. The average Bonchev–Trinajstić information content (AvgIpc) is 3.39. The van der Waals surface area contributed by atoms with Gasteiger partial charge in [0.25, 0.3) is 5.91 Å². The lowest BCUT2D eigenvalue weighted by atomic mass is 10.0. The fraction of sp³-hybridized carbons (Fsp3) is 0.227. The van der Waals surface area contributed by atoms with Gasteiger partial charge in [-0.1, -0.05) is 18.2 Å². The van der Waals surface area contributed by atoms with E-state index in [-0.39, 0.29) is 28.1 Å². The minimum absolute atomic E-state index is 0.0751. The van der Waals surface area contributed by atoms with Crippen LogP contribution in [-0.2, 0) is 10.0 Å². The molecule has 1 heterocycles. The van der Waals surface area contributed by atoms with Crippen molar-refractivity contribution in [3.05, 3.63) is 81.8 Å². The summed E-state index contributed by atoms with van der Waals surface area (Å²) in [6.07, 6.45) is 1.59. The molecule has 0 aliphatic heterocycles. The predicted molar refractivity (Wildman–Crippen MR) is 116 cm³/mol. The molecule has 4 rings (SSSR count). The van der Waals surface area contributed by atoms with Crippen molar-refractivity contribution in [1.29, 1.82) is 0 Å². The lowest BCUT2D eigenvalue weighted by Crippen LogP contribution is -2.30. The standard InChI is InChI=1S/C22H21FN2O4S2/c1-29-18-11-6-15(13-20(18)31(27,28)25-17-9-10-17)22(26)24-21(19-3-2-12-30-19)14-4-7-16(23)8-5-14/h2-8,11-13,17,21,25H,9-10H2,1H3,(H,24,26). The second kappa shape index (κ2) is 8.78. The molecule has 1 aliphatic carbocycles. The second-order valence-electron chi connectivity index (χ2n) is 7.23. The Kier molecular flexibility index (Phi) is 6.08. The Morgan fingerprint density at radius 3 is 2.52 bits per heavy atom. The number of carbonyl (C=O) groups is 1. The zero-order valence-electron chi connectivity index (χ0n) is 16.7. The number of hydrogen-bond acceptors (Lipinski definition) is 5. The number of rotatable bonds is 8. The smallest absolute Gasteiger partial charge is 0.252 e. The molecular formula is C22H21FN2O4S2. The van der Waals surface area contributed by atoms with Crippen molar-refractivity contribution < 1.29 is 22.3 Å². The largest absolute Gasteiger partial charge is 0.495 e. The van der Waals surface area contributed by atoms with Gasteiger partial charge in [0, 0.05) is 16.5 Å². The summed E-state index contributed by atoms with van der Waals surface area (Å²) < 4.78 is 46.7. The van der Waals surface area contributed by atoms with Crippen LogP contribution in [0.15, 0.2) is 64.9 Å². The molecule has 31 heavy (non-hydrogen) atoms. The monoisotopic (exact) mass is 460 g/mol. The fourth-order valence-corrected chi connectivity index (χ4v) is 5.46. The van der Waals surface area contributed by atoms with Crippen molar-refractivity contribution in [1.82, 2.24) is 10.0 Å². The molecule has 1 aliphatic rings. The number of hydrogen-bond donors (Lipinski definition) is 2. The summed E-state index contributed by atoms with van der Waals surface area (Å²) in [6, 6.07) is 13.4. The summed E-state index contributed by atoms with van der Waals surface area (Å²) in [6.45, 7) is 0. The molecule has 0 saturated heterocycles. The van der Waals surface area contributed by atoms with E-state index in [9.17, 15) is 17.6 Å². The number of benzene rings is 2. The van der Waals surface area contributed by atoms with Gasteiger partial charge in [-0.05, 0) is 60.2 Å². The van der Waals surface area contributed by atoms with Crippen molar-refractivity contribution in [3.8, 4) is 5.75 Å². The molecule has 162 valence electrons. The van der Waals surface area contributed by atoms with Crippen LogP contribution in [0.25, 0.3) is 0 Å². The molecule has 1 atom stereocenters. The van der Waals surface area contributed by atoms with Crippen molar-refractivity contribution in [2.24, 2.45) is 0 Å². The van der Waals surface area contributed by atoms with Crippen LogP contribution in [0.3, 0.4) is 0 Å². The van der Waals surface area contributed by atoms with Crippen LogP contribution in [0.1, 0.15) is 39.7 Å². The number of nitrogens with one attached hydrogen (secondary N) is 2. The maximum Gasteiger partial charge on any atom is 0.252 e. The summed E-state index contributed by atoms with van der Waals surface area (Å²) in [5, 5.41) is 4.82. The van der Waals surface area contributed by atoms with Crippen LogP contribution in [0.5, 0.6) is 5.75 Å². The Hall–Kier alpha value is -2.75. The third kappa shape index (κ3) is 4.95. The summed E-state index contributed by atoms with van der Waals surface area (Å²) in [4.78, 5) is 13.9. The Morgan fingerprint density at radius 1 is 1.16 bits per heavy atom. The Morgan fingerprint density at radius 2 is 1.90 bits per heavy atom. The highest BCUT2D eigenvalue weighted by molar-refractivity contribution is 7.89. The van der Waals surface area contributed by atoms with E-state index in [0.717, 1.165) is 17.7 Å².